The molecule has 1 saturated heterocycles. The van der Waals surface area contributed by atoms with Crippen molar-refractivity contribution in [3.8, 4) is 22.6 Å². The van der Waals surface area contributed by atoms with Gasteiger partial charge in [-0.25, -0.2) is 9.97 Å². The van der Waals surface area contributed by atoms with Crippen molar-refractivity contribution in [3.63, 3.8) is 0 Å². The summed E-state index contributed by atoms with van der Waals surface area (Å²) < 4.78 is 10.6. The number of nitrogen functional groups attached to an aromatic ring is 1. The van der Waals surface area contributed by atoms with E-state index in [1.807, 2.05) is 30.5 Å². The van der Waals surface area contributed by atoms with Gasteiger partial charge in [-0.3, -0.25) is 4.90 Å². The van der Waals surface area contributed by atoms with Crippen LogP contribution >= 0.6 is 0 Å². The molecule has 0 aliphatic carbocycles. The van der Waals surface area contributed by atoms with Gasteiger partial charge in [-0.1, -0.05) is 24.3 Å². The van der Waals surface area contributed by atoms with Crippen LogP contribution in [0.25, 0.3) is 11.1 Å². The third-order valence-electron chi connectivity index (χ3n) is 5.70. The van der Waals surface area contributed by atoms with Crippen LogP contribution in [0.5, 0.6) is 11.5 Å². The molecule has 1 atom stereocenters. The molecule has 3 aromatic rings. The molecule has 0 amide bonds. The zero-order valence-corrected chi connectivity index (χ0v) is 17.5. The number of rotatable bonds is 6. The lowest BCUT2D eigenvalue weighted by Crippen LogP contribution is -2.34. The topological polar surface area (TPSA) is 73.5 Å². The maximum absolute atomic E-state index is 5.98. The van der Waals surface area contributed by atoms with Gasteiger partial charge < -0.3 is 15.2 Å². The fourth-order valence-corrected chi connectivity index (χ4v) is 4.12. The van der Waals surface area contributed by atoms with Crippen molar-refractivity contribution in [1.29, 1.82) is 0 Å². The predicted octanol–water partition coefficient (Wildman–Crippen LogP) is 4.12. The van der Waals surface area contributed by atoms with E-state index >= 15 is 0 Å². The van der Waals surface area contributed by atoms with Crippen molar-refractivity contribution < 1.29 is 9.47 Å². The van der Waals surface area contributed by atoms with Crippen LogP contribution < -0.4 is 15.2 Å². The number of likely N-dealkylation sites (tertiary alicyclic amines) is 1. The number of aromatic nitrogens is 2. The Balaban J connectivity index is 1.55. The number of hydrogen-bond donors (Lipinski definition) is 1. The van der Waals surface area contributed by atoms with Gasteiger partial charge in [-0.15, -0.1) is 0 Å². The number of ether oxygens (including phenoxy) is 2. The Bertz CT molecular complexity index is 974. The van der Waals surface area contributed by atoms with Gasteiger partial charge >= 0.3 is 0 Å². The van der Waals surface area contributed by atoms with E-state index in [0.29, 0.717) is 11.9 Å². The molecule has 4 rings (SSSR count). The van der Waals surface area contributed by atoms with Gasteiger partial charge in [-0.05, 0) is 54.8 Å². The first-order valence-corrected chi connectivity index (χ1v) is 10.3. The van der Waals surface area contributed by atoms with Gasteiger partial charge in [0.15, 0.2) is 0 Å². The van der Waals surface area contributed by atoms with Crippen LogP contribution in [0.15, 0.2) is 54.7 Å². The minimum atomic E-state index is 0.319. The van der Waals surface area contributed by atoms with Crippen molar-refractivity contribution in [2.45, 2.75) is 25.3 Å². The second kappa shape index (κ2) is 9.13. The molecule has 6 heteroatoms. The molecule has 0 saturated carbocycles. The summed E-state index contributed by atoms with van der Waals surface area (Å²) in [6.07, 6.45) is 4.08. The number of nitrogens with zero attached hydrogens (tertiary/aromatic N) is 3. The number of anilines is 1. The molecule has 1 unspecified atom stereocenters. The summed E-state index contributed by atoms with van der Waals surface area (Å²) in [4.78, 5) is 11.4. The highest BCUT2D eigenvalue weighted by molar-refractivity contribution is 5.67. The lowest BCUT2D eigenvalue weighted by molar-refractivity contribution is 0.198. The minimum absolute atomic E-state index is 0.319. The number of nitrogens with two attached hydrogens (primary N) is 1. The molecule has 2 heterocycles. The number of piperidine rings is 1. The Morgan fingerprint density at radius 1 is 1.00 bits per heavy atom. The third kappa shape index (κ3) is 4.54. The first-order valence-electron chi connectivity index (χ1n) is 10.3. The third-order valence-corrected chi connectivity index (χ3v) is 5.70. The second-order valence-electron chi connectivity index (χ2n) is 7.68. The summed E-state index contributed by atoms with van der Waals surface area (Å²) in [5, 5.41) is 0. The normalized spacial score (nSPS) is 16.9. The molecule has 6 nitrogen and oxygen atoms in total. The van der Waals surface area contributed by atoms with E-state index in [-0.39, 0.29) is 0 Å². The minimum Gasteiger partial charge on any atom is -0.497 e. The summed E-state index contributed by atoms with van der Waals surface area (Å²) in [5.41, 5.74) is 10.4. The average molecular weight is 405 g/mol. The van der Waals surface area contributed by atoms with Gasteiger partial charge in [-0.2, -0.15) is 0 Å². The number of methoxy groups -OCH3 is 2. The van der Waals surface area contributed by atoms with E-state index in [9.17, 15) is 0 Å². The highest BCUT2D eigenvalue weighted by Crippen LogP contribution is 2.34. The maximum Gasteiger partial charge on any atom is 0.220 e. The largest absolute Gasteiger partial charge is 0.497 e. The maximum atomic E-state index is 5.98. The molecular formula is C24H28N4O2. The molecule has 1 aliphatic rings. The first-order chi connectivity index (χ1) is 14.7. The monoisotopic (exact) mass is 404 g/mol. The van der Waals surface area contributed by atoms with Crippen molar-refractivity contribution in [2.24, 2.45) is 0 Å². The summed E-state index contributed by atoms with van der Waals surface area (Å²) >= 11 is 0. The molecular weight excluding hydrogens is 376 g/mol. The van der Waals surface area contributed by atoms with Crippen molar-refractivity contribution in [3.05, 3.63) is 66.0 Å². The van der Waals surface area contributed by atoms with E-state index in [0.717, 1.165) is 60.8 Å². The SMILES string of the molecule is COc1ccc(CN2CCCC(c3nc(N)ncc3-c3ccc(OC)cc3)C2)cc1. The standard InChI is InChI=1S/C24H28N4O2/c1-29-20-9-5-17(6-10-20)15-28-13-3-4-19(16-28)23-22(14-26-24(25)27-23)18-7-11-21(30-2)12-8-18/h5-12,14,19H,3-4,13,15-16H2,1-2H3,(H2,25,26,27). The molecule has 30 heavy (non-hydrogen) atoms. The van der Waals surface area contributed by atoms with Gasteiger partial charge in [0.1, 0.15) is 11.5 Å². The van der Waals surface area contributed by atoms with E-state index in [1.165, 1.54) is 5.56 Å². The van der Waals surface area contributed by atoms with E-state index in [1.54, 1.807) is 14.2 Å². The van der Waals surface area contributed by atoms with Crippen LogP contribution in [-0.2, 0) is 6.54 Å². The summed E-state index contributed by atoms with van der Waals surface area (Å²) in [5.74, 6) is 2.37. The smallest absolute Gasteiger partial charge is 0.220 e. The zero-order valence-electron chi connectivity index (χ0n) is 17.5. The number of hydrogen-bond acceptors (Lipinski definition) is 6. The Labute approximate surface area is 177 Å². The van der Waals surface area contributed by atoms with Crippen LogP contribution in [0.3, 0.4) is 0 Å². The van der Waals surface area contributed by atoms with Crippen LogP contribution in [0.1, 0.15) is 30.0 Å². The fraction of sp³-hybridized carbons (Fsp3) is 0.333. The lowest BCUT2D eigenvalue weighted by Gasteiger charge is -2.33. The van der Waals surface area contributed by atoms with E-state index in [4.69, 9.17) is 15.2 Å². The van der Waals surface area contributed by atoms with Crippen LogP contribution in [0.2, 0.25) is 0 Å². The van der Waals surface area contributed by atoms with Gasteiger partial charge in [0.25, 0.3) is 0 Å². The molecule has 2 aromatic carbocycles. The molecule has 2 N–H and O–H groups in total. The van der Waals surface area contributed by atoms with Gasteiger partial charge in [0, 0.05) is 30.8 Å². The average Bonchev–Trinajstić information content (AvgIpc) is 2.80. The first kappa shape index (κ1) is 20.2. The molecule has 1 aliphatic heterocycles. The van der Waals surface area contributed by atoms with E-state index in [2.05, 4.69) is 39.1 Å². The number of benzene rings is 2. The molecule has 0 radical (unpaired) electrons. The second-order valence-corrected chi connectivity index (χ2v) is 7.68. The van der Waals surface area contributed by atoms with Crippen LogP contribution in [0, 0.1) is 0 Å². The lowest BCUT2D eigenvalue weighted by atomic mass is 9.89. The summed E-state index contributed by atoms with van der Waals surface area (Å²) in [6.45, 7) is 2.95. The molecule has 0 bridgehead atoms. The fourth-order valence-electron chi connectivity index (χ4n) is 4.12. The van der Waals surface area contributed by atoms with Crippen molar-refractivity contribution in [2.75, 3.05) is 33.0 Å². The highest BCUT2D eigenvalue weighted by Gasteiger charge is 2.25. The predicted molar refractivity (Wildman–Crippen MR) is 119 cm³/mol. The Morgan fingerprint density at radius 2 is 1.67 bits per heavy atom. The van der Waals surface area contributed by atoms with Crippen molar-refractivity contribution in [1.82, 2.24) is 14.9 Å². The van der Waals surface area contributed by atoms with Gasteiger partial charge in [0.2, 0.25) is 5.95 Å². The Hall–Kier alpha value is -3.12. The highest BCUT2D eigenvalue weighted by atomic mass is 16.5. The van der Waals surface area contributed by atoms with Crippen LogP contribution in [-0.4, -0.2) is 42.2 Å². The Kier molecular flexibility index (Phi) is 6.14. The molecule has 1 fully saturated rings. The van der Waals surface area contributed by atoms with Gasteiger partial charge in [0.05, 0.1) is 19.9 Å². The van der Waals surface area contributed by atoms with Crippen LogP contribution in [0.4, 0.5) is 5.95 Å². The summed E-state index contributed by atoms with van der Waals surface area (Å²) in [6, 6.07) is 16.3. The molecule has 156 valence electrons. The Morgan fingerprint density at radius 3 is 2.33 bits per heavy atom. The van der Waals surface area contributed by atoms with Crippen molar-refractivity contribution >= 4 is 5.95 Å². The quantitative estimate of drug-likeness (QED) is 0.666. The summed E-state index contributed by atoms with van der Waals surface area (Å²) in [7, 11) is 3.37. The van der Waals surface area contributed by atoms with E-state index < -0.39 is 0 Å². The molecule has 1 aromatic heterocycles. The molecule has 0 spiro atoms. The zero-order chi connectivity index (χ0) is 20.9.